The molecule has 0 amide bonds. The smallest absolute Gasteiger partial charge is 0.138 e. The Bertz CT molecular complexity index is 480. The maximum Gasteiger partial charge on any atom is 0.138 e. The fourth-order valence-electron chi connectivity index (χ4n) is 2.18. The number of nitrogens with zero attached hydrogens (tertiary/aromatic N) is 4. The van der Waals surface area contributed by atoms with Gasteiger partial charge in [0.05, 0.1) is 0 Å². The van der Waals surface area contributed by atoms with Crippen molar-refractivity contribution in [2.75, 3.05) is 6.54 Å². The molecule has 1 N–H and O–H groups in total. The Kier molecular flexibility index (Phi) is 5.03. The third-order valence-corrected chi connectivity index (χ3v) is 3.08. The molecule has 1 atom stereocenters. The molecule has 0 spiro atoms. The van der Waals surface area contributed by atoms with Gasteiger partial charge in [-0.25, -0.2) is 4.98 Å². The van der Waals surface area contributed by atoms with Gasteiger partial charge in [0, 0.05) is 31.4 Å². The zero-order valence-electron chi connectivity index (χ0n) is 11.6. The van der Waals surface area contributed by atoms with Crippen molar-refractivity contribution in [3.05, 3.63) is 42.2 Å². The van der Waals surface area contributed by atoms with E-state index in [1.54, 1.807) is 6.33 Å². The number of likely N-dealkylation sites (N-methyl/N-ethyl adjacent to an activating group) is 1. The molecule has 0 bridgehead atoms. The average Bonchev–Trinajstić information content (AvgIpc) is 2.87. The second kappa shape index (κ2) is 6.99. The first-order valence-corrected chi connectivity index (χ1v) is 6.85. The van der Waals surface area contributed by atoms with Crippen LogP contribution >= 0.6 is 0 Å². The molecule has 0 fully saturated rings. The van der Waals surface area contributed by atoms with Crippen LogP contribution in [0.3, 0.4) is 0 Å². The molecule has 0 aliphatic carbocycles. The van der Waals surface area contributed by atoms with E-state index in [1.807, 2.05) is 29.2 Å². The normalized spacial score (nSPS) is 12.5. The van der Waals surface area contributed by atoms with Crippen LogP contribution in [0.4, 0.5) is 0 Å². The van der Waals surface area contributed by atoms with Crippen molar-refractivity contribution in [1.29, 1.82) is 0 Å². The zero-order valence-corrected chi connectivity index (χ0v) is 11.6. The molecule has 5 heteroatoms. The van der Waals surface area contributed by atoms with Crippen LogP contribution in [0.1, 0.15) is 37.7 Å². The molecule has 0 aliphatic rings. The van der Waals surface area contributed by atoms with Gasteiger partial charge in [0.1, 0.15) is 12.2 Å². The average molecular weight is 259 g/mol. The number of nitrogens with one attached hydrogen (secondary N) is 1. The van der Waals surface area contributed by atoms with E-state index in [1.165, 1.54) is 5.56 Å². The molecule has 0 saturated heterocycles. The third kappa shape index (κ3) is 3.61. The van der Waals surface area contributed by atoms with Gasteiger partial charge >= 0.3 is 0 Å². The fourth-order valence-corrected chi connectivity index (χ4v) is 2.18. The molecule has 2 aromatic rings. The summed E-state index contributed by atoms with van der Waals surface area (Å²) >= 11 is 0. The number of pyridine rings is 1. The van der Waals surface area contributed by atoms with Crippen molar-refractivity contribution >= 4 is 0 Å². The van der Waals surface area contributed by atoms with Gasteiger partial charge in [0.25, 0.3) is 0 Å². The topological polar surface area (TPSA) is 55.6 Å². The monoisotopic (exact) mass is 259 g/mol. The van der Waals surface area contributed by atoms with Crippen molar-refractivity contribution in [3.8, 4) is 0 Å². The van der Waals surface area contributed by atoms with Crippen LogP contribution in [0.25, 0.3) is 0 Å². The molecule has 0 saturated carbocycles. The third-order valence-electron chi connectivity index (χ3n) is 3.08. The molecule has 0 aromatic carbocycles. The zero-order chi connectivity index (χ0) is 13.5. The largest absolute Gasteiger partial charge is 0.310 e. The van der Waals surface area contributed by atoms with Crippen molar-refractivity contribution in [1.82, 2.24) is 25.1 Å². The summed E-state index contributed by atoms with van der Waals surface area (Å²) in [7, 11) is 0. The van der Waals surface area contributed by atoms with E-state index in [9.17, 15) is 0 Å². The van der Waals surface area contributed by atoms with Crippen LogP contribution in [-0.4, -0.2) is 26.3 Å². The lowest BCUT2D eigenvalue weighted by Crippen LogP contribution is -2.24. The van der Waals surface area contributed by atoms with Crippen LogP contribution in [0.5, 0.6) is 0 Å². The van der Waals surface area contributed by atoms with E-state index in [0.29, 0.717) is 0 Å². The number of hydrogen-bond donors (Lipinski definition) is 1. The number of rotatable bonds is 7. The number of hydrogen-bond acceptors (Lipinski definition) is 4. The quantitative estimate of drug-likeness (QED) is 0.826. The lowest BCUT2D eigenvalue weighted by molar-refractivity contribution is 0.498. The minimum absolute atomic E-state index is 0.257. The molecule has 5 nitrogen and oxygen atoms in total. The summed E-state index contributed by atoms with van der Waals surface area (Å²) in [6, 6.07) is 4.36. The van der Waals surface area contributed by atoms with Crippen LogP contribution in [-0.2, 0) is 13.0 Å². The van der Waals surface area contributed by atoms with E-state index in [4.69, 9.17) is 0 Å². The highest BCUT2D eigenvalue weighted by Crippen LogP contribution is 2.16. The SMILES string of the molecule is CCCn1ncnc1CC(NCC)c1ccncc1. The summed E-state index contributed by atoms with van der Waals surface area (Å²) < 4.78 is 1.99. The predicted octanol–water partition coefficient (Wildman–Crippen LogP) is 1.98. The Hall–Kier alpha value is -1.75. The Morgan fingerprint density at radius 3 is 2.74 bits per heavy atom. The van der Waals surface area contributed by atoms with Crippen molar-refractivity contribution in [3.63, 3.8) is 0 Å². The van der Waals surface area contributed by atoms with E-state index < -0.39 is 0 Å². The van der Waals surface area contributed by atoms with Crippen molar-refractivity contribution in [2.24, 2.45) is 0 Å². The Morgan fingerprint density at radius 1 is 1.26 bits per heavy atom. The first-order chi connectivity index (χ1) is 9.35. The molecule has 1 unspecified atom stereocenters. The summed E-state index contributed by atoms with van der Waals surface area (Å²) in [6.45, 7) is 6.11. The molecular formula is C14H21N5. The minimum Gasteiger partial charge on any atom is -0.310 e. The van der Waals surface area contributed by atoms with Crippen LogP contribution in [0.15, 0.2) is 30.9 Å². The van der Waals surface area contributed by atoms with Gasteiger partial charge in [-0.05, 0) is 30.7 Å². The molecule has 2 rings (SSSR count). The molecule has 2 heterocycles. The summed E-state index contributed by atoms with van der Waals surface area (Å²) in [5.41, 5.74) is 1.24. The lowest BCUT2D eigenvalue weighted by atomic mass is 10.0. The Morgan fingerprint density at radius 2 is 2.05 bits per heavy atom. The summed E-state index contributed by atoms with van der Waals surface area (Å²) in [5, 5.41) is 7.78. The molecule has 0 aliphatic heterocycles. The Labute approximate surface area is 114 Å². The van der Waals surface area contributed by atoms with Crippen molar-refractivity contribution in [2.45, 2.75) is 39.3 Å². The highest BCUT2D eigenvalue weighted by atomic mass is 15.3. The Balaban J connectivity index is 2.14. The van der Waals surface area contributed by atoms with E-state index in [-0.39, 0.29) is 6.04 Å². The lowest BCUT2D eigenvalue weighted by Gasteiger charge is -2.18. The van der Waals surface area contributed by atoms with Gasteiger partial charge in [-0.1, -0.05) is 13.8 Å². The molecule has 102 valence electrons. The summed E-state index contributed by atoms with van der Waals surface area (Å²) in [6.07, 6.45) is 7.21. The second-order valence-corrected chi connectivity index (χ2v) is 4.49. The van der Waals surface area contributed by atoms with Gasteiger partial charge < -0.3 is 5.32 Å². The first kappa shape index (κ1) is 13.7. The van der Waals surface area contributed by atoms with Crippen molar-refractivity contribution < 1.29 is 0 Å². The predicted molar refractivity (Wildman–Crippen MR) is 74.7 cm³/mol. The van der Waals surface area contributed by atoms with E-state index in [2.05, 4.69) is 34.2 Å². The maximum atomic E-state index is 4.38. The number of aromatic nitrogens is 4. The van der Waals surface area contributed by atoms with Gasteiger partial charge in [0.2, 0.25) is 0 Å². The highest BCUT2D eigenvalue weighted by molar-refractivity contribution is 5.16. The first-order valence-electron chi connectivity index (χ1n) is 6.85. The van der Waals surface area contributed by atoms with Gasteiger partial charge in [-0.2, -0.15) is 5.10 Å². The summed E-state index contributed by atoms with van der Waals surface area (Å²) in [4.78, 5) is 8.45. The fraction of sp³-hybridized carbons (Fsp3) is 0.500. The number of aryl methyl sites for hydroxylation is 1. The maximum absolute atomic E-state index is 4.38. The molecule has 0 radical (unpaired) electrons. The second-order valence-electron chi connectivity index (χ2n) is 4.49. The van der Waals surface area contributed by atoms with Gasteiger partial charge in [0.15, 0.2) is 0 Å². The molecule has 19 heavy (non-hydrogen) atoms. The van der Waals surface area contributed by atoms with E-state index >= 15 is 0 Å². The summed E-state index contributed by atoms with van der Waals surface area (Å²) in [5.74, 6) is 1.03. The standard InChI is InChI=1S/C14H21N5/c1-3-9-19-14(17-11-18-19)10-13(16-4-2)12-5-7-15-8-6-12/h5-8,11,13,16H,3-4,9-10H2,1-2H3. The van der Waals surface area contributed by atoms with Crippen LogP contribution < -0.4 is 5.32 Å². The van der Waals surface area contributed by atoms with Crippen LogP contribution in [0, 0.1) is 0 Å². The van der Waals surface area contributed by atoms with E-state index in [0.717, 1.165) is 31.8 Å². The molecular weight excluding hydrogens is 238 g/mol. The van der Waals surface area contributed by atoms with Gasteiger partial charge in [-0.15, -0.1) is 0 Å². The van der Waals surface area contributed by atoms with Gasteiger partial charge in [-0.3, -0.25) is 9.67 Å². The molecule has 2 aromatic heterocycles. The van der Waals surface area contributed by atoms with Crippen LogP contribution in [0.2, 0.25) is 0 Å². The minimum atomic E-state index is 0.257. The highest BCUT2D eigenvalue weighted by Gasteiger charge is 2.14.